The van der Waals surface area contributed by atoms with Gasteiger partial charge >= 0.3 is 0 Å². The maximum absolute atomic E-state index is 13.8. The second kappa shape index (κ2) is 7.05. The fraction of sp³-hybridized carbons (Fsp3) is 0.438. The molecular formula is C16H21ClFN3. The Bertz CT molecular complexity index is 608. The SMILES string of the molecule is Cc1nn(Cc2ccc(Cl)cc2F)cc1CNCC(C)C. The number of nitrogens with one attached hydrogen (secondary N) is 1. The summed E-state index contributed by atoms with van der Waals surface area (Å²) in [5.74, 6) is 0.318. The third kappa shape index (κ3) is 4.55. The van der Waals surface area contributed by atoms with Crippen molar-refractivity contribution >= 4 is 11.6 Å². The van der Waals surface area contributed by atoms with Crippen LogP contribution >= 0.6 is 11.6 Å². The maximum Gasteiger partial charge on any atom is 0.129 e. The van der Waals surface area contributed by atoms with Gasteiger partial charge in [-0.2, -0.15) is 5.10 Å². The molecule has 114 valence electrons. The fourth-order valence-corrected chi connectivity index (χ4v) is 2.29. The number of nitrogens with zero attached hydrogens (tertiary/aromatic N) is 2. The molecule has 5 heteroatoms. The van der Waals surface area contributed by atoms with Crippen molar-refractivity contribution in [3.05, 3.63) is 52.1 Å². The summed E-state index contributed by atoms with van der Waals surface area (Å²) in [5.41, 5.74) is 2.70. The summed E-state index contributed by atoms with van der Waals surface area (Å²) in [6.45, 7) is 8.48. The Hall–Kier alpha value is -1.39. The summed E-state index contributed by atoms with van der Waals surface area (Å²) in [7, 11) is 0. The first-order valence-corrected chi connectivity index (χ1v) is 7.51. The first-order valence-electron chi connectivity index (χ1n) is 7.13. The molecule has 1 heterocycles. The van der Waals surface area contributed by atoms with Gasteiger partial charge in [-0.1, -0.05) is 31.5 Å². The van der Waals surface area contributed by atoms with Gasteiger partial charge in [0.05, 0.1) is 12.2 Å². The predicted octanol–water partition coefficient (Wildman–Crippen LogP) is 3.78. The Kier molecular flexibility index (Phi) is 5.37. The lowest BCUT2D eigenvalue weighted by Gasteiger charge is -2.06. The standard InChI is InChI=1S/C16H21ClFN3/c1-11(2)7-19-8-14-10-21(20-12(14)3)9-13-4-5-15(17)6-16(13)18/h4-6,10-11,19H,7-9H2,1-3H3. The lowest BCUT2D eigenvalue weighted by atomic mass is 10.2. The van der Waals surface area contributed by atoms with E-state index in [1.807, 2.05) is 13.1 Å². The van der Waals surface area contributed by atoms with Crippen LogP contribution < -0.4 is 5.32 Å². The molecule has 0 saturated carbocycles. The van der Waals surface area contributed by atoms with E-state index in [9.17, 15) is 4.39 Å². The molecule has 1 aromatic heterocycles. The largest absolute Gasteiger partial charge is 0.312 e. The van der Waals surface area contributed by atoms with Crippen LogP contribution in [0.15, 0.2) is 24.4 Å². The first kappa shape index (κ1) is 16.0. The average molecular weight is 310 g/mol. The third-order valence-corrected chi connectivity index (χ3v) is 3.50. The number of hydrogen-bond acceptors (Lipinski definition) is 2. The minimum Gasteiger partial charge on any atom is -0.312 e. The molecule has 1 aromatic carbocycles. The minimum absolute atomic E-state index is 0.296. The quantitative estimate of drug-likeness (QED) is 0.880. The maximum atomic E-state index is 13.8. The van der Waals surface area contributed by atoms with Crippen LogP contribution in [0.1, 0.15) is 30.7 Å². The van der Waals surface area contributed by atoms with Crippen LogP contribution in [-0.4, -0.2) is 16.3 Å². The molecule has 0 aliphatic heterocycles. The highest BCUT2D eigenvalue weighted by Crippen LogP contribution is 2.16. The van der Waals surface area contributed by atoms with Crippen LogP contribution in [0.3, 0.4) is 0 Å². The van der Waals surface area contributed by atoms with E-state index in [-0.39, 0.29) is 5.82 Å². The third-order valence-electron chi connectivity index (χ3n) is 3.26. The molecule has 0 saturated heterocycles. The Labute approximate surface area is 130 Å². The smallest absolute Gasteiger partial charge is 0.129 e. The lowest BCUT2D eigenvalue weighted by Crippen LogP contribution is -2.19. The fourth-order valence-electron chi connectivity index (χ4n) is 2.13. The van der Waals surface area contributed by atoms with Crippen molar-refractivity contribution < 1.29 is 4.39 Å². The van der Waals surface area contributed by atoms with Crippen molar-refractivity contribution in [2.24, 2.45) is 5.92 Å². The molecule has 0 aliphatic rings. The molecule has 21 heavy (non-hydrogen) atoms. The Balaban J connectivity index is 2.04. The number of aryl methyl sites for hydroxylation is 1. The number of aromatic nitrogens is 2. The van der Waals surface area contributed by atoms with Crippen molar-refractivity contribution in [3.8, 4) is 0 Å². The van der Waals surface area contributed by atoms with E-state index in [0.29, 0.717) is 23.0 Å². The molecule has 0 aliphatic carbocycles. The zero-order valence-corrected chi connectivity index (χ0v) is 13.4. The summed E-state index contributed by atoms with van der Waals surface area (Å²) < 4.78 is 15.6. The van der Waals surface area contributed by atoms with Crippen molar-refractivity contribution in [3.63, 3.8) is 0 Å². The second-order valence-corrected chi connectivity index (χ2v) is 6.13. The first-order chi connectivity index (χ1) is 9.95. The van der Waals surface area contributed by atoms with Gasteiger partial charge < -0.3 is 5.32 Å². The number of hydrogen-bond donors (Lipinski definition) is 1. The zero-order valence-electron chi connectivity index (χ0n) is 12.7. The lowest BCUT2D eigenvalue weighted by molar-refractivity contribution is 0.551. The van der Waals surface area contributed by atoms with Gasteiger partial charge in [0.1, 0.15) is 5.82 Å². The van der Waals surface area contributed by atoms with Gasteiger partial charge in [0.2, 0.25) is 0 Å². The highest BCUT2D eigenvalue weighted by Gasteiger charge is 2.08. The molecule has 2 rings (SSSR count). The number of benzene rings is 1. The topological polar surface area (TPSA) is 29.9 Å². The summed E-state index contributed by atoms with van der Waals surface area (Å²) in [5, 5.41) is 8.25. The van der Waals surface area contributed by atoms with Crippen LogP contribution in [-0.2, 0) is 13.1 Å². The highest BCUT2D eigenvalue weighted by atomic mass is 35.5. The van der Waals surface area contributed by atoms with Gasteiger partial charge in [0, 0.05) is 28.9 Å². The predicted molar refractivity (Wildman–Crippen MR) is 84.0 cm³/mol. The van der Waals surface area contributed by atoms with Gasteiger partial charge in [0.15, 0.2) is 0 Å². The van der Waals surface area contributed by atoms with E-state index < -0.39 is 0 Å². The van der Waals surface area contributed by atoms with Crippen molar-refractivity contribution in [1.82, 2.24) is 15.1 Å². The summed E-state index contributed by atoms with van der Waals surface area (Å²) in [4.78, 5) is 0. The van der Waals surface area contributed by atoms with Gasteiger partial charge in [0.25, 0.3) is 0 Å². The van der Waals surface area contributed by atoms with Gasteiger partial charge in [-0.3, -0.25) is 4.68 Å². The molecule has 3 nitrogen and oxygen atoms in total. The van der Waals surface area contributed by atoms with E-state index in [4.69, 9.17) is 11.6 Å². The normalized spacial score (nSPS) is 11.3. The minimum atomic E-state index is -0.296. The van der Waals surface area contributed by atoms with Crippen LogP contribution in [0, 0.1) is 18.7 Å². The monoisotopic (exact) mass is 309 g/mol. The summed E-state index contributed by atoms with van der Waals surface area (Å²) in [6.07, 6.45) is 1.97. The highest BCUT2D eigenvalue weighted by molar-refractivity contribution is 6.30. The zero-order chi connectivity index (χ0) is 15.4. The molecule has 0 atom stereocenters. The average Bonchev–Trinajstić information content (AvgIpc) is 2.73. The number of rotatable bonds is 6. The summed E-state index contributed by atoms with van der Waals surface area (Å²) in [6, 6.07) is 4.73. The van der Waals surface area contributed by atoms with Crippen LogP contribution in [0.2, 0.25) is 5.02 Å². The van der Waals surface area contributed by atoms with Crippen molar-refractivity contribution in [2.45, 2.75) is 33.9 Å². The van der Waals surface area contributed by atoms with E-state index in [2.05, 4.69) is 24.3 Å². The van der Waals surface area contributed by atoms with Gasteiger partial charge in [-0.25, -0.2) is 4.39 Å². The van der Waals surface area contributed by atoms with E-state index in [1.54, 1.807) is 16.8 Å². The molecule has 0 amide bonds. The number of halogens is 2. The molecule has 0 spiro atoms. The van der Waals surface area contributed by atoms with Crippen LogP contribution in [0.5, 0.6) is 0 Å². The Morgan fingerprint density at radius 2 is 2.10 bits per heavy atom. The molecule has 0 radical (unpaired) electrons. The van der Waals surface area contributed by atoms with Crippen molar-refractivity contribution in [1.29, 1.82) is 0 Å². The van der Waals surface area contributed by atoms with Crippen LogP contribution in [0.25, 0.3) is 0 Å². The molecular weight excluding hydrogens is 289 g/mol. The molecule has 0 bridgehead atoms. The second-order valence-electron chi connectivity index (χ2n) is 5.70. The molecule has 1 N–H and O–H groups in total. The van der Waals surface area contributed by atoms with E-state index >= 15 is 0 Å². The molecule has 2 aromatic rings. The van der Waals surface area contributed by atoms with Crippen molar-refractivity contribution in [2.75, 3.05) is 6.54 Å². The molecule has 0 fully saturated rings. The van der Waals surface area contributed by atoms with Gasteiger partial charge in [-0.05, 0) is 31.5 Å². The van der Waals surface area contributed by atoms with Crippen LogP contribution in [0.4, 0.5) is 4.39 Å². The summed E-state index contributed by atoms with van der Waals surface area (Å²) >= 11 is 5.76. The van der Waals surface area contributed by atoms with E-state index in [0.717, 1.165) is 24.3 Å². The Morgan fingerprint density at radius 1 is 1.33 bits per heavy atom. The van der Waals surface area contributed by atoms with Gasteiger partial charge in [-0.15, -0.1) is 0 Å². The Morgan fingerprint density at radius 3 is 2.76 bits per heavy atom. The van der Waals surface area contributed by atoms with E-state index in [1.165, 1.54) is 6.07 Å². The molecule has 0 unspecified atom stereocenters.